The first-order chi connectivity index (χ1) is 9.30. The highest BCUT2D eigenvalue weighted by atomic mass is 32.2. The largest absolute Gasteiger partial charge is 0.271 e. The number of aryl methyl sites for hydroxylation is 1. The summed E-state index contributed by atoms with van der Waals surface area (Å²) in [6.07, 6.45) is 2.29. The Bertz CT molecular complexity index is 397. The topological polar surface area (TPSA) is 38.0 Å². The molecular weight excluding hydrogens is 272 g/mol. The molecule has 1 heterocycles. The molecule has 0 radical (unpaired) electrons. The molecule has 1 fully saturated rings. The Labute approximate surface area is 125 Å². The Kier molecular flexibility index (Phi) is 6.07. The van der Waals surface area contributed by atoms with E-state index in [1.54, 1.807) is 0 Å². The summed E-state index contributed by atoms with van der Waals surface area (Å²) in [6.45, 7) is 4.48. The first-order valence-electron chi connectivity index (χ1n) is 7.08. The van der Waals surface area contributed by atoms with Crippen molar-refractivity contribution in [1.82, 2.24) is 5.43 Å². The first-order valence-corrected chi connectivity index (χ1v) is 9.18. The average Bonchev–Trinajstić information content (AvgIpc) is 2.49. The minimum atomic E-state index is 0.259. The van der Waals surface area contributed by atoms with Crippen molar-refractivity contribution >= 4 is 23.5 Å². The summed E-state index contributed by atoms with van der Waals surface area (Å²) in [4.78, 5) is 0. The second-order valence-electron chi connectivity index (χ2n) is 4.90. The fourth-order valence-electron chi connectivity index (χ4n) is 2.63. The third-order valence-corrected chi connectivity index (χ3v) is 7.07. The van der Waals surface area contributed by atoms with Crippen LogP contribution in [-0.4, -0.2) is 22.0 Å². The molecule has 1 aromatic carbocycles. The van der Waals surface area contributed by atoms with Gasteiger partial charge in [0.2, 0.25) is 0 Å². The number of hydrogen-bond donors (Lipinski definition) is 2. The smallest absolute Gasteiger partial charge is 0.0589 e. The van der Waals surface area contributed by atoms with E-state index in [0.717, 1.165) is 6.42 Å². The molecular formula is C15H24N2S2. The molecule has 0 bridgehead atoms. The predicted octanol–water partition coefficient (Wildman–Crippen LogP) is 3.38. The normalized spacial score (nSPS) is 25.2. The van der Waals surface area contributed by atoms with Gasteiger partial charge in [0.1, 0.15) is 0 Å². The van der Waals surface area contributed by atoms with Gasteiger partial charge in [-0.1, -0.05) is 38.1 Å². The summed E-state index contributed by atoms with van der Waals surface area (Å²) >= 11 is 4.18. The highest BCUT2D eigenvalue weighted by Crippen LogP contribution is 2.40. The van der Waals surface area contributed by atoms with Crippen LogP contribution in [0.25, 0.3) is 0 Å². The number of benzene rings is 1. The van der Waals surface area contributed by atoms with Crippen molar-refractivity contribution in [1.29, 1.82) is 0 Å². The van der Waals surface area contributed by atoms with Crippen LogP contribution < -0.4 is 11.3 Å². The van der Waals surface area contributed by atoms with Crippen LogP contribution in [0.1, 0.15) is 37.4 Å². The predicted molar refractivity (Wildman–Crippen MR) is 88.7 cm³/mol. The van der Waals surface area contributed by atoms with Gasteiger partial charge in [-0.05, 0) is 24.0 Å². The second kappa shape index (κ2) is 7.58. The Morgan fingerprint density at radius 3 is 2.79 bits per heavy atom. The lowest BCUT2D eigenvalue weighted by Gasteiger charge is -2.36. The zero-order chi connectivity index (χ0) is 13.7. The van der Waals surface area contributed by atoms with Crippen LogP contribution in [0.2, 0.25) is 0 Å². The van der Waals surface area contributed by atoms with E-state index in [4.69, 9.17) is 5.84 Å². The number of hydrogen-bond acceptors (Lipinski definition) is 4. The molecule has 0 aromatic heterocycles. The molecule has 0 aliphatic carbocycles. The molecule has 19 heavy (non-hydrogen) atoms. The Morgan fingerprint density at radius 2 is 2.11 bits per heavy atom. The van der Waals surface area contributed by atoms with Gasteiger partial charge in [-0.3, -0.25) is 11.3 Å². The van der Waals surface area contributed by atoms with Gasteiger partial charge in [-0.15, -0.1) is 0 Å². The third kappa shape index (κ3) is 3.69. The van der Waals surface area contributed by atoms with Crippen LogP contribution in [0.4, 0.5) is 0 Å². The summed E-state index contributed by atoms with van der Waals surface area (Å²) in [6, 6.07) is 9.11. The number of nitrogens with one attached hydrogen (secondary N) is 1. The third-order valence-electron chi connectivity index (χ3n) is 3.72. The zero-order valence-electron chi connectivity index (χ0n) is 11.8. The molecule has 2 rings (SSSR count). The van der Waals surface area contributed by atoms with Crippen molar-refractivity contribution in [3.63, 3.8) is 0 Å². The van der Waals surface area contributed by atoms with Crippen LogP contribution in [0.3, 0.4) is 0 Å². The maximum Gasteiger partial charge on any atom is 0.0589 e. The minimum Gasteiger partial charge on any atom is -0.271 e. The van der Waals surface area contributed by atoms with E-state index in [2.05, 4.69) is 67.1 Å². The van der Waals surface area contributed by atoms with Crippen molar-refractivity contribution in [2.75, 3.05) is 11.5 Å². The van der Waals surface area contributed by atoms with E-state index >= 15 is 0 Å². The minimum absolute atomic E-state index is 0.259. The van der Waals surface area contributed by atoms with Crippen molar-refractivity contribution in [2.45, 2.75) is 43.2 Å². The second-order valence-corrected chi connectivity index (χ2v) is 7.53. The van der Waals surface area contributed by atoms with Crippen molar-refractivity contribution in [3.8, 4) is 0 Å². The van der Waals surface area contributed by atoms with Crippen molar-refractivity contribution in [2.24, 2.45) is 5.84 Å². The monoisotopic (exact) mass is 296 g/mol. The van der Waals surface area contributed by atoms with Gasteiger partial charge in [-0.25, -0.2) is 0 Å². The maximum atomic E-state index is 5.87. The Hall–Kier alpha value is -0.160. The summed E-state index contributed by atoms with van der Waals surface area (Å²) < 4.78 is 0. The molecule has 3 N–H and O–H groups in total. The van der Waals surface area contributed by atoms with Crippen LogP contribution in [0.5, 0.6) is 0 Å². The van der Waals surface area contributed by atoms with Crippen molar-refractivity contribution < 1.29 is 0 Å². The summed E-state index contributed by atoms with van der Waals surface area (Å²) in [7, 11) is 0. The highest BCUT2D eigenvalue weighted by Gasteiger charge is 2.32. The van der Waals surface area contributed by atoms with Crippen LogP contribution in [0, 0.1) is 0 Å². The first kappa shape index (κ1) is 15.2. The molecule has 3 atom stereocenters. The average molecular weight is 297 g/mol. The Morgan fingerprint density at radius 1 is 1.32 bits per heavy atom. The van der Waals surface area contributed by atoms with E-state index < -0.39 is 0 Å². The lowest BCUT2D eigenvalue weighted by molar-refractivity contribution is 0.513. The standard InChI is InChI=1S/C15H24N2S2/c1-3-11-6-5-7-12(10-11)14(17-16)15-13(4-2)18-8-9-19-15/h5-7,10,13-15,17H,3-4,8-9,16H2,1-2H3. The molecule has 1 aliphatic rings. The van der Waals surface area contributed by atoms with Crippen molar-refractivity contribution in [3.05, 3.63) is 35.4 Å². The molecule has 106 valence electrons. The van der Waals surface area contributed by atoms with Crippen LogP contribution >= 0.6 is 23.5 Å². The summed E-state index contributed by atoms with van der Waals surface area (Å²) in [5.41, 5.74) is 5.79. The van der Waals surface area contributed by atoms with Crippen LogP contribution in [-0.2, 0) is 6.42 Å². The summed E-state index contributed by atoms with van der Waals surface area (Å²) in [5.74, 6) is 8.37. The van der Waals surface area contributed by atoms with Gasteiger partial charge < -0.3 is 0 Å². The number of thioether (sulfide) groups is 2. The van der Waals surface area contributed by atoms with E-state index in [9.17, 15) is 0 Å². The fraction of sp³-hybridized carbons (Fsp3) is 0.600. The molecule has 0 saturated carbocycles. The molecule has 3 unspecified atom stereocenters. The molecule has 4 heteroatoms. The number of nitrogens with two attached hydrogens (primary N) is 1. The molecule has 1 saturated heterocycles. The molecule has 1 aromatic rings. The van der Waals surface area contributed by atoms with E-state index in [1.165, 1.54) is 29.1 Å². The lowest BCUT2D eigenvalue weighted by Crippen LogP contribution is -2.41. The van der Waals surface area contributed by atoms with E-state index in [-0.39, 0.29) is 6.04 Å². The zero-order valence-corrected chi connectivity index (χ0v) is 13.4. The van der Waals surface area contributed by atoms with Gasteiger partial charge in [0.25, 0.3) is 0 Å². The SMILES string of the molecule is CCc1cccc(C(NN)C2SCCSC2CC)c1. The summed E-state index contributed by atoms with van der Waals surface area (Å²) in [5, 5.41) is 1.27. The highest BCUT2D eigenvalue weighted by molar-refractivity contribution is 8.07. The van der Waals surface area contributed by atoms with Gasteiger partial charge in [-0.2, -0.15) is 23.5 Å². The van der Waals surface area contributed by atoms with Gasteiger partial charge in [0, 0.05) is 22.0 Å². The number of rotatable bonds is 5. The molecule has 1 aliphatic heterocycles. The Balaban J connectivity index is 2.21. The molecule has 2 nitrogen and oxygen atoms in total. The van der Waals surface area contributed by atoms with E-state index in [0.29, 0.717) is 10.5 Å². The van der Waals surface area contributed by atoms with Gasteiger partial charge in [0.15, 0.2) is 0 Å². The number of hydrazine groups is 1. The quantitative estimate of drug-likeness (QED) is 0.645. The lowest BCUT2D eigenvalue weighted by atomic mass is 9.98. The molecule has 0 spiro atoms. The fourth-order valence-corrected chi connectivity index (χ4v) is 5.87. The molecule has 0 amide bonds. The maximum absolute atomic E-state index is 5.87. The van der Waals surface area contributed by atoms with Gasteiger partial charge in [0.05, 0.1) is 6.04 Å². The van der Waals surface area contributed by atoms with E-state index in [1.807, 2.05) is 0 Å². The van der Waals surface area contributed by atoms with Gasteiger partial charge >= 0.3 is 0 Å². The van der Waals surface area contributed by atoms with Crippen LogP contribution in [0.15, 0.2) is 24.3 Å².